The van der Waals surface area contributed by atoms with Crippen molar-refractivity contribution in [2.45, 2.75) is 30.7 Å². The first-order valence-corrected chi connectivity index (χ1v) is 10.6. The number of nitrogens with zero attached hydrogens (tertiary/aromatic N) is 1. The predicted octanol–water partition coefficient (Wildman–Crippen LogP) is 2.89. The fourth-order valence-corrected chi connectivity index (χ4v) is 3.64. The SMILES string of the molecule is C[C@](F)(C(=O)NCC(F)(F)C(F)(F)F)C(=O)NC1C(=O)N(CCO)c2ccccc2-c2ccccc21. The van der Waals surface area contributed by atoms with E-state index < -0.39 is 54.7 Å². The minimum Gasteiger partial charge on any atom is -0.395 e. The summed E-state index contributed by atoms with van der Waals surface area (Å²) in [6.07, 6.45) is -6.00. The number of amides is 3. The molecule has 3 rings (SSSR count). The fourth-order valence-electron chi connectivity index (χ4n) is 3.64. The summed E-state index contributed by atoms with van der Waals surface area (Å²) >= 11 is 0. The van der Waals surface area contributed by atoms with Crippen LogP contribution in [0, 0.1) is 0 Å². The summed E-state index contributed by atoms with van der Waals surface area (Å²) in [6, 6.07) is 11.3. The number of rotatable bonds is 7. The Balaban J connectivity index is 1.92. The Labute approximate surface area is 201 Å². The van der Waals surface area contributed by atoms with Gasteiger partial charge in [0.1, 0.15) is 6.04 Å². The number of para-hydroxylation sites is 1. The number of aliphatic hydroxyl groups is 1. The van der Waals surface area contributed by atoms with Crippen molar-refractivity contribution < 1.29 is 45.8 Å². The molecule has 3 amide bonds. The molecule has 13 heteroatoms. The normalized spacial score (nSPS) is 17.4. The second-order valence-electron chi connectivity index (χ2n) is 8.11. The summed E-state index contributed by atoms with van der Waals surface area (Å²) in [6.45, 7) is -2.58. The number of fused-ring (bicyclic) bond motifs is 3. The monoisotopic (exact) mass is 517 g/mol. The molecule has 1 aliphatic rings. The van der Waals surface area contributed by atoms with Crippen molar-refractivity contribution in [3.8, 4) is 11.1 Å². The molecule has 0 saturated carbocycles. The molecule has 0 saturated heterocycles. The number of carbonyl (C=O) groups excluding carboxylic acids is 3. The Morgan fingerprint density at radius 2 is 1.53 bits per heavy atom. The number of nitrogens with one attached hydrogen (secondary N) is 2. The van der Waals surface area contributed by atoms with Gasteiger partial charge in [0.05, 0.1) is 18.8 Å². The smallest absolute Gasteiger partial charge is 0.395 e. The molecule has 2 atom stereocenters. The summed E-state index contributed by atoms with van der Waals surface area (Å²) in [5.74, 6) is -9.94. The van der Waals surface area contributed by atoms with Crippen molar-refractivity contribution >= 4 is 23.4 Å². The molecule has 0 bridgehead atoms. The molecule has 0 fully saturated rings. The van der Waals surface area contributed by atoms with Gasteiger partial charge in [-0.1, -0.05) is 42.5 Å². The molecule has 2 aromatic carbocycles. The van der Waals surface area contributed by atoms with Crippen molar-refractivity contribution in [2.75, 3.05) is 24.6 Å². The Kier molecular flexibility index (Phi) is 7.35. The van der Waals surface area contributed by atoms with Gasteiger partial charge in [0, 0.05) is 12.1 Å². The van der Waals surface area contributed by atoms with E-state index in [1.54, 1.807) is 36.4 Å². The van der Waals surface area contributed by atoms with Crippen molar-refractivity contribution in [3.05, 3.63) is 54.1 Å². The summed E-state index contributed by atoms with van der Waals surface area (Å²) < 4.78 is 78.4. The van der Waals surface area contributed by atoms with Crippen LogP contribution in [0.1, 0.15) is 18.5 Å². The third-order valence-corrected chi connectivity index (χ3v) is 5.61. The molecule has 0 aliphatic carbocycles. The van der Waals surface area contributed by atoms with E-state index in [9.17, 15) is 41.4 Å². The van der Waals surface area contributed by atoms with Gasteiger partial charge in [-0.15, -0.1) is 0 Å². The molecular weight excluding hydrogens is 496 g/mol. The Morgan fingerprint density at radius 1 is 0.944 bits per heavy atom. The Bertz CT molecular complexity index is 1170. The van der Waals surface area contributed by atoms with E-state index in [-0.39, 0.29) is 12.1 Å². The second-order valence-corrected chi connectivity index (χ2v) is 8.11. The number of halogens is 6. The van der Waals surface area contributed by atoms with Crippen LogP contribution in [-0.4, -0.2) is 60.3 Å². The highest BCUT2D eigenvalue weighted by atomic mass is 19.4. The predicted molar refractivity (Wildman–Crippen MR) is 116 cm³/mol. The molecule has 0 aromatic heterocycles. The quantitative estimate of drug-likeness (QED) is 0.389. The number of hydrogen-bond donors (Lipinski definition) is 3. The lowest BCUT2D eigenvalue weighted by atomic mass is 9.94. The molecule has 0 spiro atoms. The molecule has 1 aliphatic heterocycles. The Morgan fingerprint density at radius 3 is 2.14 bits per heavy atom. The van der Waals surface area contributed by atoms with Crippen LogP contribution in [0.25, 0.3) is 11.1 Å². The third kappa shape index (κ3) is 5.01. The molecule has 0 radical (unpaired) electrons. The van der Waals surface area contributed by atoms with Crippen LogP contribution in [-0.2, 0) is 14.4 Å². The van der Waals surface area contributed by atoms with E-state index in [1.807, 2.05) is 0 Å². The maximum atomic E-state index is 15.1. The van der Waals surface area contributed by atoms with Crippen LogP contribution < -0.4 is 15.5 Å². The highest BCUT2D eigenvalue weighted by Gasteiger charge is 2.58. The number of anilines is 1. The molecule has 2 aromatic rings. The average Bonchev–Trinajstić information content (AvgIpc) is 2.91. The van der Waals surface area contributed by atoms with E-state index in [1.165, 1.54) is 12.1 Å². The lowest BCUT2D eigenvalue weighted by Crippen LogP contribution is -2.57. The molecule has 1 unspecified atom stereocenters. The summed E-state index contributed by atoms with van der Waals surface area (Å²) in [7, 11) is 0. The van der Waals surface area contributed by atoms with Crippen molar-refractivity contribution in [3.63, 3.8) is 0 Å². The third-order valence-electron chi connectivity index (χ3n) is 5.61. The van der Waals surface area contributed by atoms with E-state index in [0.29, 0.717) is 23.7 Å². The first-order chi connectivity index (χ1) is 16.7. The lowest BCUT2D eigenvalue weighted by molar-refractivity contribution is -0.278. The van der Waals surface area contributed by atoms with E-state index in [2.05, 4.69) is 5.32 Å². The van der Waals surface area contributed by atoms with Crippen LogP contribution in [0.15, 0.2) is 48.5 Å². The van der Waals surface area contributed by atoms with Crippen LogP contribution in [0.5, 0.6) is 0 Å². The number of alkyl halides is 6. The van der Waals surface area contributed by atoms with E-state index in [0.717, 1.165) is 10.2 Å². The fraction of sp³-hybridized carbons (Fsp3) is 0.348. The molecule has 3 N–H and O–H groups in total. The van der Waals surface area contributed by atoms with Gasteiger partial charge >= 0.3 is 12.1 Å². The molecule has 1 heterocycles. The van der Waals surface area contributed by atoms with Crippen LogP contribution in [0.3, 0.4) is 0 Å². The van der Waals surface area contributed by atoms with Gasteiger partial charge in [-0.25, -0.2) is 4.39 Å². The highest BCUT2D eigenvalue weighted by Crippen LogP contribution is 2.40. The molecule has 36 heavy (non-hydrogen) atoms. The van der Waals surface area contributed by atoms with E-state index in [4.69, 9.17) is 0 Å². The van der Waals surface area contributed by atoms with Gasteiger partial charge < -0.3 is 20.6 Å². The first-order valence-electron chi connectivity index (χ1n) is 10.6. The maximum absolute atomic E-state index is 15.1. The molecule has 7 nitrogen and oxygen atoms in total. The number of aliphatic hydroxyl groups excluding tert-OH is 1. The van der Waals surface area contributed by atoms with Crippen molar-refractivity contribution in [2.24, 2.45) is 0 Å². The largest absolute Gasteiger partial charge is 0.455 e. The van der Waals surface area contributed by atoms with Crippen molar-refractivity contribution in [1.29, 1.82) is 0 Å². The number of benzene rings is 2. The average molecular weight is 517 g/mol. The standard InChI is InChI=1S/C23H21F6N3O4/c1-21(24,19(35)30-12-22(25,26)23(27,28)29)20(36)31-17-15-8-3-2-6-13(15)14-7-4-5-9-16(14)32(10-11-33)18(17)34/h2-9,17,33H,10-12H2,1H3,(H,30,35)(H,31,36)/t17?,21-/m0/s1. The molecular formula is C23H21F6N3O4. The van der Waals surface area contributed by atoms with Gasteiger partial charge in [-0.3, -0.25) is 14.4 Å². The van der Waals surface area contributed by atoms with Gasteiger partial charge in [-0.05, 0) is 24.1 Å². The summed E-state index contributed by atoms with van der Waals surface area (Å²) in [4.78, 5) is 39.4. The zero-order chi connectivity index (χ0) is 26.9. The van der Waals surface area contributed by atoms with Crippen molar-refractivity contribution in [1.82, 2.24) is 10.6 Å². The number of hydrogen-bond acceptors (Lipinski definition) is 4. The first kappa shape index (κ1) is 27.0. The maximum Gasteiger partial charge on any atom is 0.455 e. The minimum absolute atomic E-state index is 0.198. The minimum atomic E-state index is -6.00. The van der Waals surface area contributed by atoms with Gasteiger partial charge in [0.2, 0.25) is 0 Å². The highest BCUT2D eigenvalue weighted by molar-refractivity contribution is 6.11. The lowest BCUT2D eigenvalue weighted by Gasteiger charge is -2.28. The topological polar surface area (TPSA) is 98.7 Å². The van der Waals surface area contributed by atoms with Crippen LogP contribution in [0.4, 0.5) is 32.0 Å². The Hall–Kier alpha value is -3.61. The second kappa shape index (κ2) is 9.80. The van der Waals surface area contributed by atoms with Crippen LogP contribution >= 0.6 is 0 Å². The summed E-state index contributed by atoms with van der Waals surface area (Å²) in [5.41, 5.74) is -1.99. The number of carbonyl (C=O) groups is 3. The van der Waals surface area contributed by atoms with E-state index >= 15 is 4.39 Å². The van der Waals surface area contributed by atoms with Gasteiger partial charge in [0.25, 0.3) is 23.4 Å². The zero-order valence-electron chi connectivity index (χ0n) is 18.7. The zero-order valence-corrected chi connectivity index (χ0v) is 18.7. The number of β-amino-alcohol motifs (C(OH)–C–C–N with tert-alkyl or cyclic N) is 1. The molecule has 194 valence electrons. The van der Waals surface area contributed by atoms with Crippen LogP contribution in [0.2, 0.25) is 0 Å². The summed E-state index contributed by atoms with van der Waals surface area (Å²) in [5, 5.41) is 12.7. The van der Waals surface area contributed by atoms with Gasteiger partial charge in [-0.2, -0.15) is 22.0 Å². The van der Waals surface area contributed by atoms with Gasteiger partial charge in [0.15, 0.2) is 0 Å².